The minimum atomic E-state index is 0. The highest BCUT2D eigenvalue weighted by Gasteiger charge is 2.02. The van der Waals surface area contributed by atoms with Gasteiger partial charge in [-0.3, -0.25) is 3.97 Å². The van der Waals surface area contributed by atoms with Gasteiger partial charge in [0, 0.05) is 10.6 Å². The second-order valence-corrected chi connectivity index (χ2v) is 3.72. The SMILES string of the molecule is C.C=C/C=c1\c(=C/C)c2ccccc2n1S. The predicted molar refractivity (Wildman–Crippen MR) is 77.1 cm³/mol. The smallest absolute Gasteiger partial charge is 0.0602 e. The van der Waals surface area contributed by atoms with Gasteiger partial charge in [-0.15, -0.1) is 0 Å². The number of nitrogens with zero attached hydrogens (tertiary/aromatic N) is 1. The second-order valence-electron chi connectivity index (χ2n) is 3.32. The summed E-state index contributed by atoms with van der Waals surface area (Å²) in [7, 11) is 0. The first-order valence-electron chi connectivity index (χ1n) is 4.87. The average Bonchev–Trinajstić information content (AvgIpc) is 2.54. The number of hydrogen-bond acceptors (Lipinski definition) is 1. The molecule has 1 aromatic heterocycles. The molecule has 0 unspecified atom stereocenters. The summed E-state index contributed by atoms with van der Waals surface area (Å²) in [5.41, 5.74) is 1.13. The zero-order chi connectivity index (χ0) is 10.8. The number of thiol groups is 1. The van der Waals surface area contributed by atoms with Crippen molar-refractivity contribution in [3.63, 3.8) is 0 Å². The van der Waals surface area contributed by atoms with Gasteiger partial charge in [0.15, 0.2) is 0 Å². The number of aromatic nitrogens is 1. The van der Waals surface area contributed by atoms with Crippen LogP contribution in [0.2, 0.25) is 0 Å². The monoisotopic (exact) mass is 231 g/mol. The van der Waals surface area contributed by atoms with E-state index in [1.807, 2.05) is 29.1 Å². The zero-order valence-electron chi connectivity index (χ0n) is 8.64. The molecule has 0 aliphatic carbocycles. The molecule has 2 aromatic rings. The Morgan fingerprint density at radius 3 is 2.62 bits per heavy atom. The lowest BCUT2D eigenvalue weighted by atomic mass is 10.2. The highest BCUT2D eigenvalue weighted by molar-refractivity contribution is 7.78. The summed E-state index contributed by atoms with van der Waals surface area (Å²) in [5.74, 6) is 0. The van der Waals surface area contributed by atoms with E-state index in [2.05, 4.69) is 37.6 Å². The minimum absolute atomic E-state index is 0. The molecule has 1 aromatic carbocycles. The topological polar surface area (TPSA) is 4.93 Å². The van der Waals surface area contributed by atoms with Crippen LogP contribution >= 0.6 is 12.8 Å². The highest BCUT2D eigenvalue weighted by Crippen LogP contribution is 2.08. The van der Waals surface area contributed by atoms with Crippen LogP contribution in [0.1, 0.15) is 14.4 Å². The van der Waals surface area contributed by atoms with Crippen LogP contribution in [0.15, 0.2) is 36.9 Å². The third kappa shape index (κ3) is 1.81. The predicted octanol–water partition coefficient (Wildman–Crippen LogP) is 2.74. The quantitative estimate of drug-likeness (QED) is 0.720. The van der Waals surface area contributed by atoms with Crippen LogP contribution in [0.3, 0.4) is 0 Å². The summed E-state index contributed by atoms with van der Waals surface area (Å²) >= 11 is 4.49. The van der Waals surface area contributed by atoms with Crippen molar-refractivity contribution in [3.05, 3.63) is 47.5 Å². The lowest BCUT2D eigenvalue weighted by molar-refractivity contribution is 1.27. The molecule has 0 amide bonds. The van der Waals surface area contributed by atoms with Crippen molar-refractivity contribution in [1.29, 1.82) is 0 Å². The van der Waals surface area contributed by atoms with Gasteiger partial charge in [-0.1, -0.05) is 57.2 Å². The Morgan fingerprint density at radius 2 is 2.00 bits per heavy atom. The molecule has 1 heterocycles. The molecule has 0 aliphatic heterocycles. The maximum Gasteiger partial charge on any atom is 0.0602 e. The standard InChI is InChI=1S/C13H13NS.CH4/c1-3-7-12-10(4-2)11-8-5-6-9-13(11)14(12)15;/h3-9,15H,1H2,2H3;1H4/b10-4-,12-7+;. The Labute approximate surface area is 102 Å². The van der Waals surface area contributed by atoms with Crippen LogP contribution < -0.4 is 10.6 Å². The third-order valence-electron chi connectivity index (χ3n) is 2.49. The van der Waals surface area contributed by atoms with Gasteiger partial charge < -0.3 is 0 Å². The van der Waals surface area contributed by atoms with E-state index in [-0.39, 0.29) is 7.43 Å². The molecule has 0 atom stereocenters. The summed E-state index contributed by atoms with van der Waals surface area (Å²) in [6.45, 7) is 5.76. The van der Waals surface area contributed by atoms with Crippen molar-refractivity contribution in [3.8, 4) is 0 Å². The zero-order valence-corrected chi connectivity index (χ0v) is 9.54. The van der Waals surface area contributed by atoms with Crippen LogP contribution in [-0.2, 0) is 0 Å². The molecule has 16 heavy (non-hydrogen) atoms. The summed E-state index contributed by atoms with van der Waals surface area (Å²) < 4.78 is 1.90. The molecule has 0 saturated carbocycles. The summed E-state index contributed by atoms with van der Waals surface area (Å²) in [6.07, 6.45) is 5.86. The first-order valence-corrected chi connectivity index (χ1v) is 5.27. The van der Waals surface area contributed by atoms with Gasteiger partial charge in [-0.25, -0.2) is 0 Å². The van der Waals surface area contributed by atoms with Gasteiger partial charge in [0.05, 0.1) is 10.9 Å². The number of benzene rings is 1. The van der Waals surface area contributed by atoms with Crippen molar-refractivity contribution in [2.75, 3.05) is 0 Å². The number of para-hydroxylation sites is 1. The van der Waals surface area contributed by atoms with Gasteiger partial charge in [0.1, 0.15) is 0 Å². The van der Waals surface area contributed by atoms with E-state index in [0.717, 1.165) is 10.9 Å². The van der Waals surface area contributed by atoms with E-state index in [4.69, 9.17) is 0 Å². The van der Waals surface area contributed by atoms with E-state index in [1.54, 1.807) is 6.08 Å². The largest absolute Gasteiger partial charge is 0.286 e. The number of allylic oxidation sites excluding steroid dienone is 1. The van der Waals surface area contributed by atoms with Crippen molar-refractivity contribution in [2.24, 2.45) is 0 Å². The maximum absolute atomic E-state index is 4.49. The van der Waals surface area contributed by atoms with E-state index in [9.17, 15) is 0 Å². The molecule has 0 N–H and O–H groups in total. The minimum Gasteiger partial charge on any atom is -0.286 e. The average molecular weight is 231 g/mol. The molecule has 0 spiro atoms. The third-order valence-corrected chi connectivity index (χ3v) is 2.92. The van der Waals surface area contributed by atoms with Crippen molar-refractivity contribution >= 4 is 35.9 Å². The Kier molecular flexibility index (Phi) is 4.02. The van der Waals surface area contributed by atoms with Crippen molar-refractivity contribution < 1.29 is 0 Å². The number of rotatable bonds is 1. The van der Waals surface area contributed by atoms with Crippen LogP contribution in [-0.4, -0.2) is 3.97 Å². The normalized spacial score (nSPS) is 12.9. The highest BCUT2D eigenvalue weighted by atomic mass is 32.1. The molecule has 84 valence electrons. The lowest BCUT2D eigenvalue weighted by Gasteiger charge is -1.92. The first-order chi connectivity index (χ1) is 7.29. The fraction of sp³-hybridized carbons (Fsp3) is 0.143. The van der Waals surface area contributed by atoms with E-state index in [0.29, 0.717) is 0 Å². The fourth-order valence-electron chi connectivity index (χ4n) is 1.84. The molecule has 0 bridgehead atoms. The Balaban J connectivity index is 0.00000128. The Hall–Kier alpha value is -1.41. The first kappa shape index (κ1) is 12.7. The molecule has 2 rings (SSSR count). The molecule has 0 saturated heterocycles. The van der Waals surface area contributed by atoms with Gasteiger partial charge in [-0.2, -0.15) is 0 Å². The van der Waals surface area contributed by atoms with Crippen LogP contribution in [0.4, 0.5) is 0 Å². The van der Waals surface area contributed by atoms with E-state index in [1.165, 1.54) is 10.6 Å². The van der Waals surface area contributed by atoms with Crippen molar-refractivity contribution in [1.82, 2.24) is 3.97 Å². The fourth-order valence-corrected chi connectivity index (χ4v) is 2.19. The summed E-state index contributed by atoms with van der Waals surface area (Å²) in [5, 5.41) is 3.51. The molecular formula is C14H17NS. The second kappa shape index (κ2) is 5.08. The van der Waals surface area contributed by atoms with Gasteiger partial charge in [0.25, 0.3) is 0 Å². The molecule has 1 nitrogen and oxygen atoms in total. The maximum atomic E-state index is 4.49. The molecule has 2 heteroatoms. The van der Waals surface area contributed by atoms with Crippen LogP contribution in [0.25, 0.3) is 23.1 Å². The number of fused-ring (bicyclic) bond motifs is 1. The Morgan fingerprint density at radius 1 is 1.31 bits per heavy atom. The van der Waals surface area contributed by atoms with E-state index >= 15 is 0 Å². The van der Waals surface area contributed by atoms with Crippen LogP contribution in [0, 0.1) is 0 Å². The lowest BCUT2D eigenvalue weighted by Crippen LogP contribution is -2.25. The van der Waals surface area contributed by atoms with E-state index < -0.39 is 0 Å². The Bertz CT molecular complexity index is 620. The van der Waals surface area contributed by atoms with Crippen molar-refractivity contribution in [2.45, 2.75) is 14.4 Å². The van der Waals surface area contributed by atoms with Gasteiger partial charge in [0.2, 0.25) is 0 Å². The summed E-state index contributed by atoms with van der Waals surface area (Å²) in [6, 6.07) is 8.24. The molecule has 0 aliphatic rings. The van der Waals surface area contributed by atoms with Crippen LogP contribution in [0.5, 0.6) is 0 Å². The number of hydrogen-bond donors (Lipinski definition) is 1. The van der Waals surface area contributed by atoms with Gasteiger partial charge in [-0.05, 0) is 19.1 Å². The molecular weight excluding hydrogens is 214 g/mol. The molecule has 0 fully saturated rings. The van der Waals surface area contributed by atoms with Gasteiger partial charge >= 0.3 is 0 Å². The molecule has 0 radical (unpaired) electrons. The summed E-state index contributed by atoms with van der Waals surface area (Å²) in [4.78, 5) is 0.